The molecule has 3 N–H and O–H groups in total. The van der Waals surface area contributed by atoms with Gasteiger partial charge in [-0.25, -0.2) is 0 Å². The van der Waals surface area contributed by atoms with Gasteiger partial charge in [-0.2, -0.15) is 0 Å². The summed E-state index contributed by atoms with van der Waals surface area (Å²) >= 11 is 3.45. The molecule has 1 atom stereocenters. The van der Waals surface area contributed by atoms with Crippen molar-refractivity contribution in [1.82, 2.24) is 5.32 Å². The summed E-state index contributed by atoms with van der Waals surface area (Å²) < 4.78 is 1.08. The minimum Gasteiger partial charge on any atom is -0.329 e. The minimum absolute atomic E-state index is 0.194. The van der Waals surface area contributed by atoms with E-state index < -0.39 is 0 Å². The van der Waals surface area contributed by atoms with Crippen molar-refractivity contribution in [2.45, 2.75) is 13.0 Å². The van der Waals surface area contributed by atoms with E-state index in [1.807, 2.05) is 19.1 Å². The smallest absolute Gasteiger partial charge is 0.0447 e. The van der Waals surface area contributed by atoms with Gasteiger partial charge in [-0.3, -0.25) is 0 Å². The highest BCUT2D eigenvalue weighted by Gasteiger charge is 2.08. The predicted molar refractivity (Wildman–Crippen MR) is 68.8 cm³/mol. The van der Waals surface area contributed by atoms with Crippen molar-refractivity contribution in [2.24, 2.45) is 5.73 Å². The summed E-state index contributed by atoms with van der Waals surface area (Å²) in [6.07, 6.45) is 0. The third-order valence-electron chi connectivity index (χ3n) is 2.14. The van der Waals surface area contributed by atoms with Crippen LogP contribution in [0.4, 0.5) is 0 Å². The summed E-state index contributed by atoms with van der Waals surface area (Å²) in [7, 11) is 0. The molecule has 15 heavy (non-hydrogen) atoms. The van der Waals surface area contributed by atoms with Crippen LogP contribution in [-0.2, 0) is 0 Å². The molecule has 0 spiro atoms. The zero-order valence-electron chi connectivity index (χ0n) is 8.96. The van der Waals surface area contributed by atoms with E-state index in [2.05, 4.69) is 40.0 Å². The fraction of sp³-hybridized carbons (Fsp3) is 0.333. The van der Waals surface area contributed by atoms with Gasteiger partial charge in [0.2, 0.25) is 0 Å². The molecule has 0 aliphatic carbocycles. The quantitative estimate of drug-likeness (QED) is 0.806. The standard InChI is InChI=1S/C12H17BrN2/c1-9(2)8-15-12(7-14)10-4-3-5-11(13)6-10/h3-6,12,15H,1,7-8,14H2,2H3. The topological polar surface area (TPSA) is 38.0 Å². The third kappa shape index (κ3) is 4.16. The van der Waals surface area contributed by atoms with Gasteiger partial charge in [0.05, 0.1) is 0 Å². The molecule has 0 aliphatic rings. The lowest BCUT2D eigenvalue weighted by Gasteiger charge is -2.17. The van der Waals surface area contributed by atoms with Crippen molar-refractivity contribution in [1.29, 1.82) is 0 Å². The normalized spacial score (nSPS) is 12.5. The van der Waals surface area contributed by atoms with E-state index in [0.717, 1.165) is 16.6 Å². The maximum absolute atomic E-state index is 5.73. The molecule has 0 aliphatic heterocycles. The van der Waals surface area contributed by atoms with E-state index in [1.165, 1.54) is 5.56 Å². The van der Waals surface area contributed by atoms with Crippen molar-refractivity contribution in [3.05, 3.63) is 46.5 Å². The Morgan fingerprint density at radius 3 is 2.87 bits per heavy atom. The molecule has 0 amide bonds. The van der Waals surface area contributed by atoms with E-state index in [-0.39, 0.29) is 6.04 Å². The lowest BCUT2D eigenvalue weighted by Crippen LogP contribution is -2.29. The highest BCUT2D eigenvalue weighted by Crippen LogP contribution is 2.17. The largest absolute Gasteiger partial charge is 0.329 e. The lowest BCUT2D eigenvalue weighted by atomic mass is 10.1. The average molecular weight is 269 g/mol. The summed E-state index contributed by atoms with van der Waals surface area (Å²) in [4.78, 5) is 0. The summed E-state index contributed by atoms with van der Waals surface area (Å²) in [5.41, 5.74) is 8.05. The Labute approximate surface area is 99.7 Å². The first-order valence-electron chi connectivity index (χ1n) is 4.96. The van der Waals surface area contributed by atoms with Gasteiger partial charge in [0.15, 0.2) is 0 Å². The zero-order chi connectivity index (χ0) is 11.3. The zero-order valence-corrected chi connectivity index (χ0v) is 10.5. The van der Waals surface area contributed by atoms with Crippen LogP contribution in [0.15, 0.2) is 40.9 Å². The monoisotopic (exact) mass is 268 g/mol. The summed E-state index contributed by atoms with van der Waals surface area (Å²) in [5, 5.41) is 3.37. The summed E-state index contributed by atoms with van der Waals surface area (Å²) in [5.74, 6) is 0. The Hall–Kier alpha value is -0.640. The van der Waals surface area contributed by atoms with E-state index >= 15 is 0 Å². The van der Waals surface area contributed by atoms with Crippen LogP contribution >= 0.6 is 15.9 Å². The molecule has 1 aromatic rings. The highest BCUT2D eigenvalue weighted by molar-refractivity contribution is 9.10. The van der Waals surface area contributed by atoms with E-state index in [0.29, 0.717) is 6.54 Å². The van der Waals surface area contributed by atoms with Crippen LogP contribution in [0.1, 0.15) is 18.5 Å². The van der Waals surface area contributed by atoms with Gasteiger partial charge in [-0.05, 0) is 24.6 Å². The predicted octanol–water partition coefficient (Wildman–Crippen LogP) is 2.61. The molecule has 2 nitrogen and oxygen atoms in total. The van der Waals surface area contributed by atoms with Crippen LogP contribution in [0.3, 0.4) is 0 Å². The van der Waals surface area contributed by atoms with E-state index in [1.54, 1.807) is 0 Å². The SMILES string of the molecule is C=C(C)CNC(CN)c1cccc(Br)c1. The molecule has 1 aromatic carbocycles. The van der Waals surface area contributed by atoms with Crippen LogP contribution in [0.5, 0.6) is 0 Å². The van der Waals surface area contributed by atoms with Gasteiger partial charge in [0.1, 0.15) is 0 Å². The molecule has 0 heterocycles. The van der Waals surface area contributed by atoms with Crippen molar-refractivity contribution in [3.63, 3.8) is 0 Å². The number of benzene rings is 1. The molecular weight excluding hydrogens is 252 g/mol. The minimum atomic E-state index is 0.194. The maximum atomic E-state index is 5.73. The Balaban J connectivity index is 2.69. The Kier molecular flexibility index (Phi) is 5.02. The first-order chi connectivity index (χ1) is 7.13. The molecular formula is C12H17BrN2. The van der Waals surface area contributed by atoms with Gasteiger partial charge in [0.25, 0.3) is 0 Å². The van der Waals surface area contributed by atoms with E-state index in [4.69, 9.17) is 5.73 Å². The van der Waals surface area contributed by atoms with Crippen LogP contribution in [-0.4, -0.2) is 13.1 Å². The second kappa shape index (κ2) is 6.05. The van der Waals surface area contributed by atoms with Crippen molar-refractivity contribution in [3.8, 4) is 0 Å². The number of halogens is 1. The molecule has 1 rings (SSSR count). The second-order valence-electron chi connectivity index (χ2n) is 3.68. The van der Waals surface area contributed by atoms with Gasteiger partial charge in [0, 0.05) is 23.6 Å². The number of nitrogens with two attached hydrogens (primary N) is 1. The van der Waals surface area contributed by atoms with Gasteiger partial charge in [-0.1, -0.05) is 40.2 Å². The first kappa shape index (κ1) is 12.4. The van der Waals surface area contributed by atoms with E-state index in [9.17, 15) is 0 Å². The van der Waals surface area contributed by atoms with Crippen LogP contribution in [0.2, 0.25) is 0 Å². The number of hydrogen-bond acceptors (Lipinski definition) is 2. The lowest BCUT2D eigenvalue weighted by molar-refractivity contribution is 0.569. The van der Waals surface area contributed by atoms with Crippen molar-refractivity contribution >= 4 is 15.9 Å². The second-order valence-corrected chi connectivity index (χ2v) is 4.60. The van der Waals surface area contributed by atoms with Gasteiger partial charge < -0.3 is 11.1 Å². The molecule has 0 saturated carbocycles. The third-order valence-corrected chi connectivity index (χ3v) is 2.63. The molecule has 0 saturated heterocycles. The van der Waals surface area contributed by atoms with Gasteiger partial charge in [-0.15, -0.1) is 0 Å². The van der Waals surface area contributed by atoms with Gasteiger partial charge >= 0.3 is 0 Å². The number of rotatable bonds is 5. The van der Waals surface area contributed by atoms with Crippen LogP contribution in [0, 0.1) is 0 Å². The molecule has 0 aromatic heterocycles. The van der Waals surface area contributed by atoms with Crippen LogP contribution in [0.25, 0.3) is 0 Å². The Morgan fingerprint density at radius 2 is 2.33 bits per heavy atom. The molecule has 0 fully saturated rings. The molecule has 3 heteroatoms. The average Bonchev–Trinajstić information content (AvgIpc) is 2.18. The maximum Gasteiger partial charge on any atom is 0.0447 e. The Bertz CT molecular complexity index is 336. The molecule has 1 unspecified atom stereocenters. The molecule has 0 bridgehead atoms. The Morgan fingerprint density at radius 1 is 1.60 bits per heavy atom. The van der Waals surface area contributed by atoms with Crippen LogP contribution < -0.4 is 11.1 Å². The molecule has 82 valence electrons. The fourth-order valence-electron chi connectivity index (χ4n) is 1.36. The fourth-order valence-corrected chi connectivity index (χ4v) is 1.77. The van der Waals surface area contributed by atoms with Crippen molar-refractivity contribution < 1.29 is 0 Å². The van der Waals surface area contributed by atoms with Crippen molar-refractivity contribution in [2.75, 3.05) is 13.1 Å². The number of nitrogens with one attached hydrogen (secondary N) is 1. The first-order valence-corrected chi connectivity index (χ1v) is 5.76. The summed E-state index contributed by atoms with van der Waals surface area (Å²) in [6, 6.07) is 8.39. The molecule has 0 radical (unpaired) electrons. The number of hydrogen-bond donors (Lipinski definition) is 2. The summed E-state index contributed by atoms with van der Waals surface area (Å²) in [6.45, 7) is 7.25. The highest BCUT2D eigenvalue weighted by atomic mass is 79.9.